The molecule has 4 aromatic rings. The third-order valence-corrected chi connectivity index (χ3v) is 9.56. The van der Waals surface area contributed by atoms with Crippen molar-refractivity contribution in [3.63, 3.8) is 0 Å². The molecule has 10 nitrogen and oxygen atoms in total. The number of rotatable bonds is 13. The van der Waals surface area contributed by atoms with E-state index in [1.807, 2.05) is 48.5 Å². The molecule has 0 aliphatic carbocycles. The van der Waals surface area contributed by atoms with E-state index in [0.29, 0.717) is 72.0 Å². The Morgan fingerprint density at radius 1 is 0.708 bits per heavy atom. The van der Waals surface area contributed by atoms with Crippen molar-refractivity contribution < 1.29 is 19.1 Å². The van der Waals surface area contributed by atoms with Gasteiger partial charge in [-0.25, -0.2) is 0 Å². The second-order valence-electron chi connectivity index (χ2n) is 12.0. The molecule has 12 heteroatoms. The van der Waals surface area contributed by atoms with Crippen LogP contribution < -0.4 is 30.7 Å². The van der Waals surface area contributed by atoms with Gasteiger partial charge in [-0.15, -0.1) is 0 Å². The van der Waals surface area contributed by atoms with E-state index in [1.54, 1.807) is 26.6 Å². The first-order chi connectivity index (χ1) is 23.3. The number of nitrogens with zero attached hydrogens (tertiary/aromatic N) is 2. The van der Waals surface area contributed by atoms with Crippen LogP contribution in [0.4, 0.5) is 0 Å². The summed E-state index contributed by atoms with van der Waals surface area (Å²) in [6.45, 7) is 2.46. The summed E-state index contributed by atoms with van der Waals surface area (Å²) in [5.41, 5.74) is 6.16. The first-order valence-corrected chi connectivity index (χ1v) is 16.7. The summed E-state index contributed by atoms with van der Waals surface area (Å²) in [6, 6.07) is 15.6. The molecule has 4 heterocycles. The smallest absolute Gasteiger partial charge is 0.220 e. The molecule has 2 fully saturated rings. The summed E-state index contributed by atoms with van der Waals surface area (Å²) in [6.07, 6.45) is 6.39. The van der Waals surface area contributed by atoms with E-state index >= 15 is 0 Å². The molecule has 48 heavy (non-hydrogen) atoms. The highest BCUT2D eigenvalue weighted by molar-refractivity contribution is 6.39. The van der Waals surface area contributed by atoms with Crippen molar-refractivity contribution in [2.45, 2.75) is 50.9 Å². The Morgan fingerprint density at radius 2 is 1.12 bits per heavy atom. The third-order valence-electron chi connectivity index (χ3n) is 8.75. The van der Waals surface area contributed by atoms with E-state index < -0.39 is 0 Å². The number of hydrogen-bond donors (Lipinski definition) is 4. The maximum atomic E-state index is 11.5. The molecule has 0 spiro atoms. The van der Waals surface area contributed by atoms with Crippen LogP contribution in [0.3, 0.4) is 0 Å². The molecule has 2 amide bonds. The van der Waals surface area contributed by atoms with Crippen molar-refractivity contribution in [2.75, 3.05) is 27.3 Å². The van der Waals surface area contributed by atoms with Gasteiger partial charge in [0, 0.05) is 109 Å². The van der Waals surface area contributed by atoms with Crippen LogP contribution in [0.5, 0.6) is 11.5 Å². The van der Waals surface area contributed by atoms with E-state index in [1.165, 1.54) is 0 Å². The van der Waals surface area contributed by atoms with Gasteiger partial charge in [-0.05, 0) is 12.8 Å². The highest BCUT2D eigenvalue weighted by Gasteiger charge is 2.22. The molecule has 0 saturated carbocycles. The number of carbonyl (C=O) groups is 2. The predicted molar refractivity (Wildman–Crippen MR) is 187 cm³/mol. The molecule has 250 valence electrons. The molecule has 2 saturated heterocycles. The van der Waals surface area contributed by atoms with Gasteiger partial charge in [0.2, 0.25) is 11.8 Å². The van der Waals surface area contributed by atoms with Gasteiger partial charge in [0.15, 0.2) is 0 Å². The van der Waals surface area contributed by atoms with Crippen LogP contribution in [0, 0.1) is 0 Å². The second kappa shape index (κ2) is 15.3. The highest BCUT2D eigenvalue weighted by atomic mass is 35.5. The fraction of sp³-hybridized carbons (Fsp3) is 0.333. The lowest BCUT2D eigenvalue weighted by Gasteiger charge is -2.16. The van der Waals surface area contributed by atoms with E-state index in [0.717, 1.165) is 46.2 Å². The fourth-order valence-electron chi connectivity index (χ4n) is 6.17. The van der Waals surface area contributed by atoms with Crippen LogP contribution in [-0.4, -0.2) is 61.2 Å². The minimum atomic E-state index is 0.0983. The summed E-state index contributed by atoms with van der Waals surface area (Å²) in [5.74, 6) is 1.57. The Kier molecular flexibility index (Phi) is 10.8. The molecule has 2 atom stereocenters. The van der Waals surface area contributed by atoms with Crippen molar-refractivity contribution in [3.05, 3.63) is 82.1 Å². The maximum absolute atomic E-state index is 11.5. The van der Waals surface area contributed by atoms with Gasteiger partial charge in [-0.3, -0.25) is 19.6 Å². The summed E-state index contributed by atoms with van der Waals surface area (Å²) in [5, 5.41) is 13.8. The van der Waals surface area contributed by atoms with Gasteiger partial charge in [-0.1, -0.05) is 59.6 Å². The number of benzene rings is 2. The molecule has 4 N–H and O–H groups in total. The molecule has 2 aromatic heterocycles. The maximum Gasteiger partial charge on any atom is 0.220 e. The quantitative estimate of drug-likeness (QED) is 0.144. The van der Waals surface area contributed by atoms with Crippen LogP contribution in [0.2, 0.25) is 10.0 Å². The van der Waals surface area contributed by atoms with E-state index in [4.69, 9.17) is 42.6 Å². The molecule has 2 aliphatic rings. The van der Waals surface area contributed by atoms with Gasteiger partial charge in [0.25, 0.3) is 0 Å². The van der Waals surface area contributed by atoms with Gasteiger partial charge >= 0.3 is 0 Å². The second-order valence-corrected chi connectivity index (χ2v) is 12.7. The normalized spacial score (nSPS) is 17.3. The fourth-order valence-corrected chi connectivity index (χ4v) is 6.82. The zero-order valence-electron chi connectivity index (χ0n) is 26.9. The van der Waals surface area contributed by atoms with Crippen LogP contribution in [-0.2, 0) is 22.7 Å². The van der Waals surface area contributed by atoms with Crippen LogP contribution in [0.1, 0.15) is 36.8 Å². The molecular formula is C36H38Cl2N6O4. The Bertz CT molecular complexity index is 1690. The first-order valence-electron chi connectivity index (χ1n) is 16.0. The lowest BCUT2D eigenvalue weighted by molar-refractivity contribution is -0.120. The Balaban J connectivity index is 1.20. The third kappa shape index (κ3) is 7.57. The number of methoxy groups -OCH3 is 2. The number of nitrogens with one attached hydrogen (secondary N) is 4. The number of halogens is 2. The van der Waals surface area contributed by atoms with Crippen molar-refractivity contribution in [1.29, 1.82) is 0 Å². The van der Waals surface area contributed by atoms with Crippen molar-refractivity contribution in [1.82, 2.24) is 31.2 Å². The number of carbonyl (C=O) groups excluding carboxylic acids is 2. The van der Waals surface area contributed by atoms with Crippen molar-refractivity contribution in [2.24, 2.45) is 0 Å². The number of aromatic nitrogens is 2. The summed E-state index contributed by atoms with van der Waals surface area (Å²) in [4.78, 5) is 32.4. The summed E-state index contributed by atoms with van der Waals surface area (Å²) in [7, 11) is 3.26. The average Bonchev–Trinajstić information content (AvgIpc) is 3.72. The lowest BCUT2D eigenvalue weighted by atomic mass is 9.98. The van der Waals surface area contributed by atoms with Crippen LogP contribution in [0.25, 0.3) is 33.6 Å². The molecule has 2 aromatic carbocycles. The van der Waals surface area contributed by atoms with E-state index in [2.05, 4.69) is 21.3 Å². The van der Waals surface area contributed by atoms with E-state index in [9.17, 15) is 9.59 Å². The number of hydrogen-bond acceptors (Lipinski definition) is 8. The molecule has 2 aliphatic heterocycles. The van der Waals surface area contributed by atoms with Gasteiger partial charge in [0.1, 0.15) is 11.5 Å². The molecule has 0 radical (unpaired) electrons. The van der Waals surface area contributed by atoms with Gasteiger partial charge in [0.05, 0.1) is 35.7 Å². The lowest BCUT2D eigenvalue weighted by Crippen LogP contribution is -2.35. The van der Waals surface area contributed by atoms with Crippen molar-refractivity contribution in [3.8, 4) is 45.1 Å². The average molecular weight is 690 g/mol. The first kappa shape index (κ1) is 33.7. The summed E-state index contributed by atoms with van der Waals surface area (Å²) < 4.78 is 11.4. The minimum absolute atomic E-state index is 0.0983. The van der Waals surface area contributed by atoms with Crippen LogP contribution >= 0.6 is 23.2 Å². The van der Waals surface area contributed by atoms with Crippen molar-refractivity contribution >= 4 is 35.0 Å². The standard InChI is InChI=1S/C36H38Cl2N6O4/c1-47-31-13-29(41-17-21(31)15-39-19-23-9-11-33(45)43-23)27-7-3-5-25(35(27)37)26-6-4-8-28(36(26)38)30-14-32(48-2)22(18-42-30)16-40-20-24-10-12-34(46)44-24/h3-8,13-14,17-18,23-24,39-40H,9-12,15-16,19-20H2,1-2H3,(H,43,45)(H,44,46)/t23-,24-/m0/s1. The topological polar surface area (TPSA) is 126 Å². The number of amides is 2. The molecule has 0 bridgehead atoms. The monoisotopic (exact) mass is 688 g/mol. The molecular weight excluding hydrogens is 651 g/mol. The Labute approximate surface area is 289 Å². The summed E-state index contributed by atoms with van der Waals surface area (Å²) >= 11 is 14.1. The van der Waals surface area contributed by atoms with Gasteiger partial charge in [-0.2, -0.15) is 0 Å². The largest absolute Gasteiger partial charge is 0.496 e. The zero-order valence-corrected chi connectivity index (χ0v) is 28.4. The highest BCUT2D eigenvalue weighted by Crippen LogP contribution is 2.42. The number of ether oxygens (including phenoxy) is 2. The predicted octanol–water partition coefficient (Wildman–Crippen LogP) is 5.54. The van der Waals surface area contributed by atoms with Gasteiger partial charge < -0.3 is 30.7 Å². The van der Waals surface area contributed by atoms with Crippen LogP contribution in [0.15, 0.2) is 60.9 Å². The Morgan fingerprint density at radius 3 is 1.50 bits per heavy atom. The molecule has 0 unspecified atom stereocenters. The Hall–Kier alpha value is -4.22. The minimum Gasteiger partial charge on any atom is -0.496 e. The van der Waals surface area contributed by atoms with E-state index in [-0.39, 0.29) is 23.9 Å². The SMILES string of the molecule is COc1cc(-c2cccc(-c3cccc(-c4cc(OC)c(CNC[C@@H]5CCC(=O)N5)cn4)c3Cl)c2Cl)ncc1CNC[C@@H]1CCC(=O)N1. The molecule has 6 rings (SSSR count). The number of pyridine rings is 2. The zero-order chi connectivity index (χ0) is 33.6.